The van der Waals surface area contributed by atoms with Gasteiger partial charge in [-0.2, -0.15) is 0 Å². The van der Waals surface area contributed by atoms with Gasteiger partial charge in [-0.1, -0.05) is 30.3 Å². The van der Waals surface area contributed by atoms with Crippen LogP contribution in [0.3, 0.4) is 0 Å². The Kier molecular flexibility index (Phi) is 4.15. The van der Waals surface area contributed by atoms with Gasteiger partial charge in [0.2, 0.25) is 0 Å². The van der Waals surface area contributed by atoms with Crippen LogP contribution in [0.15, 0.2) is 48.8 Å². The monoisotopic (exact) mass is 324 g/mol. The van der Waals surface area contributed by atoms with E-state index >= 15 is 0 Å². The van der Waals surface area contributed by atoms with E-state index in [1.807, 2.05) is 6.07 Å². The molecule has 24 heavy (non-hydrogen) atoms. The van der Waals surface area contributed by atoms with Crippen molar-refractivity contribution in [2.75, 3.05) is 0 Å². The molecule has 0 amide bonds. The summed E-state index contributed by atoms with van der Waals surface area (Å²) in [5, 5.41) is 0. The maximum Gasteiger partial charge on any atom is 0.169 e. The van der Waals surface area contributed by atoms with Crippen LogP contribution in [0.2, 0.25) is 0 Å². The van der Waals surface area contributed by atoms with Crippen LogP contribution in [-0.4, -0.2) is 27.8 Å². The number of hydrogen-bond acceptors (Lipinski definition) is 3. The Hall–Kier alpha value is -2.07. The summed E-state index contributed by atoms with van der Waals surface area (Å²) in [5.74, 6) is -0.612. The number of pyridine rings is 1. The minimum atomic E-state index is -0.499. The highest BCUT2D eigenvalue weighted by molar-refractivity contribution is 5.98. The average Bonchev–Trinajstić information content (AvgIpc) is 2.83. The third-order valence-corrected chi connectivity index (χ3v) is 5.50. The molecule has 2 unspecified atom stereocenters. The highest BCUT2D eigenvalue weighted by atomic mass is 19.1. The van der Waals surface area contributed by atoms with Crippen LogP contribution in [0.25, 0.3) is 0 Å². The minimum absolute atomic E-state index is 0.0499. The van der Waals surface area contributed by atoms with Gasteiger partial charge < -0.3 is 0 Å². The first kappa shape index (κ1) is 15.5. The molecule has 0 aliphatic carbocycles. The number of rotatable bonds is 4. The zero-order valence-electron chi connectivity index (χ0n) is 13.6. The van der Waals surface area contributed by atoms with Crippen LogP contribution in [-0.2, 0) is 6.54 Å². The van der Waals surface area contributed by atoms with E-state index in [4.69, 9.17) is 0 Å². The Balaban J connectivity index is 1.48. The van der Waals surface area contributed by atoms with E-state index in [-0.39, 0.29) is 17.3 Å². The van der Waals surface area contributed by atoms with E-state index in [1.165, 1.54) is 17.8 Å². The van der Waals surface area contributed by atoms with Crippen LogP contribution in [0.1, 0.15) is 41.6 Å². The first-order valence-corrected chi connectivity index (χ1v) is 8.66. The lowest BCUT2D eigenvalue weighted by molar-refractivity contribution is 0.0674. The predicted octanol–water partition coefficient (Wildman–Crippen LogP) is 3.85. The molecule has 2 saturated heterocycles. The molecule has 2 aliphatic heterocycles. The Morgan fingerprint density at radius 2 is 1.83 bits per heavy atom. The van der Waals surface area contributed by atoms with Crippen molar-refractivity contribution in [3.8, 4) is 0 Å². The fourth-order valence-corrected chi connectivity index (χ4v) is 4.34. The summed E-state index contributed by atoms with van der Waals surface area (Å²) in [7, 11) is 0. The molecule has 0 radical (unpaired) electrons. The van der Waals surface area contributed by atoms with Crippen LogP contribution < -0.4 is 0 Å². The van der Waals surface area contributed by atoms with Gasteiger partial charge in [-0.25, -0.2) is 4.39 Å². The van der Waals surface area contributed by atoms with E-state index < -0.39 is 5.82 Å². The summed E-state index contributed by atoms with van der Waals surface area (Å²) < 4.78 is 13.9. The van der Waals surface area contributed by atoms with Gasteiger partial charge in [0.15, 0.2) is 11.6 Å². The van der Waals surface area contributed by atoms with E-state index in [9.17, 15) is 9.18 Å². The lowest BCUT2D eigenvalue weighted by Gasteiger charge is -2.38. The van der Waals surface area contributed by atoms with Gasteiger partial charge in [-0.15, -0.1) is 0 Å². The summed E-state index contributed by atoms with van der Waals surface area (Å²) in [5.41, 5.74) is 1.52. The molecule has 1 aromatic heterocycles. The smallest absolute Gasteiger partial charge is 0.169 e. The molecule has 2 aliphatic rings. The maximum atomic E-state index is 13.9. The number of nitrogens with zero attached hydrogens (tertiary/aromatic N) is 2. The molecule has 0 N–H and O–H groups in total. The first-order valence-electron chi connectivity index (χ1n) is 8.66. The molecule has 3 heterocycles. The zero-order valence-corrected chi connectivity index (χ0v) is 13.6. The van der Waals surface area contributed by atoms with Crippen molar-refractivity contribution in [3.05, 3.63) is 65.7 Å². The van der Waals surface area contributed by atoms with Crippen LogP contribution >= 0.6 is 0 Å². The summed E-state index contributed by atoms with van der Waals surface area (Å²) in [6, 6.07) is 12.9. The fraction of sp³-hybridized carbons (Fsp3) is 0.400. The van der Waals surface area contributed by atoms with E-state index in [1.54, 1.807) is 0 Å². The van der Waals surface area contributed by atoms with Gasteiger partial charge in [-0.3, -0.25) is 14.7 Å². The SMILES string of the molecule is O=C(c1ccncc1F)C1CC2CCC(C1)N2Cc1ccccc1. The average molecular weight is 324 g/mol. The molecule has 1 aromatic carbocycles. The number of ketones is 1. The van der Waals surface area contributed by atoms with Crippen molar-refractivity contribution in [1.82, 2.24) is 9.88 Å². The summed E-state index contributed by atoms with van der Waals surface area (Å²) >= 11 is 0. The molecule has 4 rings (SSSR count). The molecule has 0 spiro atoms. The molecule has 2 fully saturated rings. The third-order valence-electron chi connectivity index (χ3n) is 5.50. The second-order valence-electron chi connectivity index (χ2n) is 6.93. The van der Waals surface area contributed by atoms with Gasteiger partial charge in [0.25, 0.3) is 0 Å². The molecule has 4 heteroatoms. The zero-order chi connectivity index (χ0) is 16.5. The largest absolute Gasteiger partial charge is 0.294 e. The van der Waals surface area contributed by atoms with Gasteiger partial charge in [-0.05, 0) is 37.3 Å². The van der Waals surface area contributed by atoms with Crippen LogP contribution in [0.4, 0.5) is 4.39 Å². The number of benzene rings is 1. The van der Waals surface area contributed by atoms with Crippen molar-refractivity contribution in [1.29, 1.82) is 0 Å². The Bertz CT molecular complexity index is 719. The molecule has 0 saturated carbocycles. The van der Waals surface area contributed by atoms with Crippen molar-refractivity contribution in [2.45, 2.75) is 44.3 Å². The fourth-order valence-electron chi connectivity index (χ4n) is 4.34. The lowest BCUT2D eigenvalue weighted by atomic mass is 9.84. The van der Waals surface area contributed by atoms with Gasteiger partial charge in [0, 0.05) is 30.7 Å². The second-order valence-corrected chi connectivity index (χ2v) is 6.93. The topological polar surface area (TPSA) is 33.2 Å². The van der Waals surface area contributed by atoms with E-state index in [0.29, 0.717) is 12.1 Å². The van der Waals surface area contributed by atoms with Gasteiger partial charge in [0.1, 0.15) is 0 Å². The van der Waals surface area contributed by atoms with E-state index in [0.717, 1.165) is 38.4 Å². The van der Waals surface area contributed by atoms with Crippen LogP contribution in [0.5, 0.6) is 0 Å². The number of fused-ring (bicyclic) bond motifs is 2. The van der Waals surface area contributed by atoms with Crippen molar-refractivity contribution in [2.24, 2.45) is 5.92 Å². The molecule has 124 valence electrons. The Labute approximate surface area is 141 Å². The standard InChI is InChI=1S/C20H21FN2O/c21-19-12-22-9-8-18(19)20(24)15-10-16-6-7-17(11-15)23(16)13-14-4-2-1-3-5-14/h1-5,8-9,12,15-17H,6-7,10-11,13H2. The second kappa shape index (κ2) is 6.44. The molecule has 2 bridgehead atoms. The Morgan fingerprint density at radius 1 is 1.12 bits per heavy atom. The number of aromatic nitrogens is 1. The molecule has 2 atom stereocenters. The summed E-state index contributed by atoms with van der Waals surface area (Å²) in [6.45, 7) is 0.945. The minimum Gasteiger partial charge on any atom is -0.294 e. The van der Waals surface area contributed by atoms with Crippen molar-refractivity contribution >= 4 is 5.78 Å². The number of carbonyl (C=O) groups excluding carboxylic acids is 1. The summed E-state index contributed by atoms with van der Waals surface area (Å²) in [4.78, 5) is 19.0. The number of Topliss-reactive ketones (excluding diaryl/α,β-unsaturated/α-hetero) is 1. The molecule has 2 aromatic rings. The highest BCUT2D eigenvalue weighted by Crippen LogP contribution is 2.40. The first-order chi connectivity index (χ1) is 11.7. The van der Waals surface area contributed by atoms with Crippen LogP contribution in [0, 0.1) is 11.7 Å². The van der Waals surface area contributed by atoms with Crippen molar-refractivity contribution < 1.29 is 9.18 Å². The lowest BCUT2D eigenvalue weighted by Crippen LogP contribution is -2.44. The molecule has 3 nitrogen and oxygen atoms in total. The number of carbonyl (C=O) groups is 1. The van der Waals surface area contributed by atoms with Gasteiger partial charge >= 0.3 is 0 Å². The quantitative estimate of drug-likeness (QED) is 0.801. The maximum absolute atomic E-state index is 13.9. The Morgan fingerprint density at radius 3 is 2.50 bits per heavy atom. The number of hydrogen-bond donors (Lipinski definition) is 0. The predicted molar refractivity (Wildman–Crippen MR) is 90.0 cm³/mol. The molecular formula is C20H21FN2O. The van der Waals surface area contributed by atoms with Gasteiger partial charge in [0.05, 0.1) is 11.8 Å². The number of piperidine rings is 1. The van der Waals surface area contributed by atoms with E-state index in [2.05, 4.69) is 34.1 Å². The molecular weight excluding hydrogens is 303 g/mol. The normalized spacial score (nSPS) is 26.5. The number of halogens is 1. The third kappa shape index (κ3) is 2.86. The highest BCUT2D eigenvalue weighted by Gasteiger charge is 2.43. The summed E-state index contributed by atoms with van der Waals surface area (Å²) in [6.07, 6.45) is 6.58. The van der Waals surface area contributed by atoms with Crippen molar-refractivity contribution in [3.63, 3.8) is 0 Å².